The summed E-state index contributed by atoms with van der Waals surface area (Å²) in [6.07, 6.45) is 6.49. The van der Waals surface area contributed by atoms with Crippen molar-refractivity contribution < 1.29 is 28.9 Å². The number of carboxylic acids is 1. The third-order valence-corrected chi connectivity index (χ3v) is 5.80. The van der Waals surface area contributed by atoms with Gasteiger partial charge in [-0.05, 0) is 44.7 Å². The third-order valence-electron chi connectivity index (χ3n) is 5.80. The van der Waals surface area contributed by atoms with Crippen LogP contribution in [0.25, 0.3) is 0 Å². The number of benzene rings is 1. The van der Waals surface area contributed by atoms with Crippen molar-refractivity contribution in [3.05, 3.63) is 23.8 Å². The zero-order valence-corrected chi connectivity index (χ0v) is 20.3. The van der Waals surface area contributed by atoms with Gasteiger partial charge in [-0.3, -0.25) is 0 Å². The monoisotopic (exact) mass is 452 g/mol. The fourth-order valence-electron chi connectivity index (χ4n) is 3.42. The first-order chi connectivity index (χ1) is 15.0. The molecule has 1 saturated carbocycles. The highest BCUT2D eigenvalue weighted by atomic mass is 16.6. The Kier molecular flexibility index (Phi) is 11.3. The lowest BCUT2D eigenvalue weighted by molar-refractivity contribution is -0.140. The van der Waals surface area contributed by atoms with Crippen molar-refractivity contribution in [1.82, 2.24) is 5.32 Å². The number of carboxylic acid groups (broad SMARTS) is 1. The van der Waals surface area contributed by atoms with E-state index >= 15 is 0 Å². The molecule has 0 bridgehead atoms. The first-order valence-corrected chi connectivity index (χ1v) is 11.3. The maximum Gasteiger partial charge on any atom is 0.408 e. The number of carbonyl (C=O) groups excluding carboxylic acids is 1. The van der Waals surface area contributed by atoms with Crippen LogP contribution in [0, 0.1) is 5.92 Å². The van der Waals surface area contributed by atoms with E-state index in [4.69, 9.17) is 19.9 Å². The minimum atomic E-state index is -1.09. The molecular weight excluding hydrogens is 412 g/mol. The van der Waals surface area contributed by atoms with Crippen LogP contribution in [0.5, 0.6) is 11.5 Å². The molecule has 0 aromatic heterocycles. The zero-order chi connectivity index (χ0) is 24.3. The molecule has 0 heterocycles. The molecule has 4 N–H and O–H groups in total. The molecule has 2 rings (SSSR count). The van der Waals surface area contributed by atoms with Crippen LogP contribution in [0.2, 0.25) is 0 Å². The summed E-state index contributed by atoms with van der Waals surface area (Å²) < 4.78 is 15.9. The second-order valence-corrected chi connectivity index (χ2v) is 8.75. The Morgan fingerprint density at radius 3 is 2.03 bits per heavy atom. The highest BCUT2D eigenvalue weighted by Gasteiger charge is 2.31. The van der Waals surface area contributed by atoms with Crippen molar-refractivity contribution in [2.45, 2.75) is 83.9 Å². The lowest BCUT2D eigenvalue weighted by Gasteiger charge is -2.28. The lowest BCUT2D eigenvalue weighted by Crippen LogP contribution is -2.46. The van der Waals surface area contributed by atoms with Crippen LogP contribution in [-0.2, 0) is 15.1 Å². The van der Waals surface area contributed by atoms with Crippen LogP contribution in [0.4, 0.5) is 4.79 Å². The van der Waals surface area contributed by atoms with Gasteiger partial charge in [-0.25, -0.2) is 9.59 Å². The average Bonchev–Trinajstić information content (AvgIpc) is 2.77. The van der Waals surface area contributed by atoms with Gasteiger partial charge >= 0.3 is 12.1 Å². The predicted octanol–water partition coefficient (Wildman–Crippen LogP) is 4.44. The Labute approximate surface area is 191 Å². The summed E-state index contributed by atoms with van der Waals surface area (Å²) in [7, 11) is 3.06. The Bertz CT molecular complexity index is 709. The molecule has 0 spiro atoms. The van der Waals surface area contributed by atoms with E-state index in [9.17, 15) is 14.7 Å². The number of methoxy groups -OCH3 is 2. The number of rotatable bonds is 8. The molecule has 0 radical (unpaired) electrons. The van der Waals surface area contributed by atoms with Gasteiger partial charge in [-0.1, -0.05) is 39.5 Å². The van der Waals surface area contributed by atoms with E-state index in [1.54, 1.807) is 39.0 Å². The molecule has 2 atom stereocenters. The Morgan fingerprint density at radius 2 is 1.66 bits per heavy atom. The second-order valence-electron chi connectivity index (χ2n) is 8.75. The smallest absolute Gasteiger partial charge is 0.408 e. The van der Waals surface area contributed by atoms with Gasteiger partial charge in [0.15, 0.2) is 0 Å². The Morgan fingerprint density at radius 1 is 1.12 bits per heavy atom. The minimum Gasteiger partial charge on any atom is -0.497 e. The number of aliphatic carboxylic acids is 1. The Balaban J connectivity index is 0.000000616. The van der Waals surface area contributed by atoms with E-state index in [0.29, 0.717) is 29.5 Å². The molecule has 1 aliphatic carbocycles. The SMILES string of the molecule is CC[C@H](C)[C@H](NC(=O)OC(C)(C)c1cc(OC)cc(OC)c1)C(=O)O.NC1CCCCC1. The molecule has 0 aliphatic heterocycles. The molecule has 32 heavy (non-hydrogen) atoms. The standard InChI is InChI=1S/C18H27NO6.C6H13N/c1-7-11(2)15(16(20)21)19-17(22)25-18(3,4)12-8-13(23-5)10-14(9-12)24-6;7-6-4-2-1-3-5-6/h8-11,15H,7H2,1-6H3,(H,19,22)(H,20,21);6H,1-5,7H2/t11-,15-;/m0./s1. The maximum atomic E-state index is 12.2. The summed E-state index contributed by atoms with van der Waals surface area (Å²) in [4.78, 5) is 23.6. The molecule has 182 valence electrons. The van der Waals surface area contributed by atoms with Gasteiger partial charge in [0, 0.05) is 17.7 Å². The first kappa shape index (κ1) is 27.6. The highest BCUT2D eigenvalue weighted by Crippen LogP contribution is 2.32. The fraction of sp³-hybridized carbons (Fsp3) is 0.667. The van der Waals surface area contributed by atoms with E-state index in [0.717, 1.165) is 0 Å². The van der Waals surface area contributed by atoms with Crippen LogP contribution >= 0.6 is 0 Å². The van der Waals surface area contributed by atoms with Crippen molar-refractivity contribution in [2.24, 2.45) is 11.7 Å². The molecular formula is C24H40N2O6. The van der Waals surface area contributed by atoms with Gasteiger partial charge in [0.25, 0.3) is 0 Å². The van der Waals surface area contributed by atoms with E-state index in [-0.39, 0.29) is 5.92 Å². The van der Waals surface area contributed by atoms with Gasteiger partial charge in [-0.2, -0.15) is 0 Å². The predicted molar refractivity (Wildman–Crippen MR) is 124 cm³/mol. The molecule has 0 saturated heterocycles. The summed E-state index contributed by atoms with van der Waals surface area (Å²) in [6.45, 7) is 7.04. The minimum absolute atomic E-state index is 0.218. The lowest BCUT2D eigenvalue weighted by atomic mass is 9.97. The molecule has 1 aliphatic rings. The van der Waals surface area contributed by atoms with Gasteiger partial charge in [0.2, 0.25) is 0 Å². The molecule has 1 amide bonds. The summed E-state index contributed by atoms with van der Waals surface area (Å²) in [6, 6.07) is 4.71. The number of amides is 1. The quantitative estimate of drug-likeness (QED) is 0.533. The summed E-state index contributed by atoms with van der Waals surface area (Å²) in [5.74, 6) is -0.180. The number of nitrogens with one attached hydrogen (secondary N) is 1. The van der Waals surface area contributed by atoms with Gasteiger partial charge in [0.05, 0.1) is 14.2 Å². The molecule has 1 fully saturated rings. The number of alkyl carbamates (subject to hydrolysis) is 1. The Hall–Kier alpha value is -2.48. The molecule has 8 heteroatoms. The fourth-order valence-corrected chi connectivity index (χ4v) is 3.42. The van der Waals surface area contributed by atoms with Crippen molar-refractivity contribution >= 4 is 12.1 Å². The van der Waals surface area contributed by atoms with E-state index < -0.39 is 23.7 Å². The number of carbonyl (C=O) groups is 2. The second kappa shape index (κ2) is 13.2. The van der Waals surface area contributed by atoms with Crippen LogP contribution in [0.1, 0.15) is 71.8 Å². The van der Waals surface area contributed by atoms with Crippen LogP contribution in [0.15, 0.2) is 18.2 Å². The van der Waals surface area contributed by atoms with Gasteiger partial charge in [-0.15, -0.1) is 0 Å². The third kappa shape index (κ3) is 8.94. The van der Waals surface area contributed by atoms with Crippen molar-refractivity contribution in [3.8, 4) is 11.5 Å². The first-order valence-electron chi connectivity index (χ1n) is 11.3. The average molecular weight is 453 g/mol. The molecule has 1 aromatic carbocycles. The number of hydrogen-bond donors (Lipinski definition) is 3. The van der Waals surface area contributed by atoms with Crippen LogP contribution < -0.4 is 20.5 Å². The summed E-state index contributed by atoms with van der Waals surface area (Å²) in [5, 5.41) is 11.7. The summed E-state index contributed by atoms with van der Waals surface area (Å²) in [5.41, 5.74) is 5.29. The molecule has 8 nitrogen and oxygen atoms in total. The molecule has 0 unspecified atom stereocenters. The van der Waals surface area contributed by atoms with E-state index in [2.05, 4.69) is 5.32 Å². The normalized spacial score (nSPS) is 16.1. The molecule has 1 aromatic rings. The van der Waals surface area contributed by atoms with Gasteiger partial charge < -0.3 is 30.4 Å². The highest BCUT2D eigenvalue weighted by molar-refractivity contribution is 5.80. The van der Waals surface area contributed by atoms with E-state index in [1.807, 2.05) is 6.92 Å². The number of nitrogens with two attached hydrogens (primary N) is 1. The maximum absolute atomic E-state index is 12.2. The van der Waals surface area contributed by atoms with Crippen molar-refractivity contribution in [1.29, 1.82) is 0 Å². The van der Waals surface area contributed by atoms with Crippen molar-refractivity contribution in [2.75, 3.05) is 14.2 Å². The zero-order valence-electron chi connectivity index (χ0n) is 20.3. The number of ether oxygens (including phenoxy) is 3. The van der Waals surface area contributed by atoms with E-state index in [1.165, 1.54) is 46.3 Å². The van der Waals surface area contributed by atoms with Crippen LogP contribution in [0.3, 0.4) is 0 Å². The topological polar surface area (TPSA) is 120 Å². The van der Waals surface area contributed by atoms with Crippen molar-refractivity contribution in [3.63, 3.8) is 0 Å². The largest absolute Gasteiger partial charge is 0.497 e. The number of hydrogen-bond acceptors (Lipinski definition) is 6. The van der Waals surface area contributed by atoms with Crippen LogP contribution in [-0.4, -0.2) is 43.5 Å². The van der Waals surface area contributed by atoms with Gasteiger partial charge in [0.1, 0.15) is 23.1 Å². The summed E-state index contributed by atoms with van der Waals surface area (Å²) >= 11 is 0.